The first-order chi connectivity index (χ1) is 8.32. The Morgan fingerprint density at radius 3 is 2.71 bits per heavy atom. The molecule has 17 heavy (non-hydrogen) atoms. The molecule has 2 heteroatoms. The maximum Gasteiger partial charge on any atom is 0.0672 e. The Hall–Kier alpha value is -0.0800. The third-order valence-electron chi connectivity index (χ3n) is 4.56. The molecule has 0 aromatic carbocycles. The second-order valence-electron chi connectivity index (χ2n) is 5.98. The van der Waals surface area contributed by atoms with Gasteiger partial charge in [-0.25, -0.2) is 0 Å². The van der Waals surface area contributed by atoms with Crippen molar-refractivity contribution in [3.63, 3.8) is 0 Å². The average Bonchev–Trinajstić information content (AvgIpc) is 3.10. The number of rotatable bonds is 8. The van der Waals surface area contributed by atoms with E-state index in [0.717, 1.165) is 19.1 Å². The summed E-state index contributed by atoms with van der Waals surface area (Å²) in [6.45, 7) is 7.77. The van der Waals surface area contributed by atoms with Gasteiger partial charge < -0.3 is 10.1 Å². The SMILES string of the molecule is CCCCCC1(CNCC)CCOC1C1CC1. The van der Waals surface area contributed by atoms with Crippen LogP contribution in [0.25, 0.3) is 0 Å². The predicted octanol–water partition coefficient (Wildman–Crippen LogP) is 3.36. The van der Waals surface area contributed by atoms with Crippen molar-refractivity contribution in [2.45, 2.75) is 64.9 Å². The lowest BCUT2D eigenvalue weighted by atomic mass is 9.74. The summed E-state index contributed by atoms with van der Waals surface area (Å²) in [7, 11) is 0. The van der Waals surface area contributed by atoms with Crippen LogP contribution >= 0.6 is 0 Å². The van der Waals surface area contributed by atoms with Gasteiger partial charge in [-0.1, -0.05) is 33.1 Å². The van der Waals surface area contributed by atoms with Crippen LogP contribution in [0.1, 0.15) is 58.8 Å². The van der Waals surface area contributed by atoms with E-state index in [9.17, 15) is 0 Å². The van der Waals surface area contributed by atoms with Crippen LogP contribution in [-0.2, 0) is 4.74 Å². The van der Waals surface area contributed by atoms with Gasteiger partial charge in [0.15, 0.2) is 0 Å². The number of hydrogen-bond acceptors (Lipinski definition) is 2. The highest BCUT2D eigenvalue weighted by Gasteiger charge is 2.49. The zero-order valence-corrected chi connectivity index (χ0v) is 11.6. The largest absolute Gasteiger partial charge is 0.377 e. The standard InChI is InChI=1S/C15H29NO/c1-3-5-6-9-15(12-16-4-2)10-11-17-14(15)13-7-8-13/h13-14,16H,3-12H2,1-2H3. The van der Waals surface area contributed by atoms with E-state index in [1.165, 1.54) is 51.5 Å². The maximum absolute atomic E-state index is 6.08. The van der Waals surface area contributed by atoms with Crippen molar-refractivity contribution in [3.05, 3.63) is 0 Å². The summed E-state index contributed by atoms with van der Waals surface area (Å²) in [6.07, 6.45) is 10.1. The maximum atomic E-state index is 6.08. The van der Waals surface area contributed by atoms with E-state index in [-0.39, 0.29) is 0 Å². The second kappa shape index (κ2) is 6.19. The Morgan fingerprint density at radius 2 is 2.06 bits per heavy atom. The van der Waals surface area contributed by atoms with Crippen molar-refractivity contribution < 1.29 is 4.74 Å². The minimum atomic E-state index is 0.465. The highest BCUT2D eigenvalue weighted by Crippen LogP contribution is 2.50. The van der Waals surface area contributed by atoms with E-state index >= 15 is 0 Å². The molecule has 2 nitrogen and oxygen atoms in total. The van der Waals surface area contributed by atoms with Crippen molar-refractivity contribution >= 4 is 0 Å². The Labute approximate surface area is 107 Å². The molecule has 0 aromatic rings. The molecule has 1 aliphatic heterocycles. The predicted molar refractivity (Wildman–Crippen MR) is 72.2 cm³/mol. The quantitative estimate of drug-likeness (QED) is 0.656. The molecule has 0 spiro atoms. The number of unbranched alkanes of at least 4 members (excludes halogenated alkanes) is 2. The van der Waals surface area contributed by atoms with E-state index in [4.69, 9.17) is 4.74 Å². The summed E-state index contributed by atoms with van der Waals surface area (Å²) < 4.78 is 6.08. The lowest BCUT2D eigenvalue weighted by Gasteiger charge is -2.35. The fraction of sp³-hybridized carbons (Fsp3) is 1.00. The zero-order chi connectivity index (χ0) is 12.1. The molecule has 100 valence electrons. The summed E-state index contributed by atoms with van der Waals surface area (Å²) in [5, 5.41) is 3.59. The number of hydrogen-bond donors (Lipinski definition) is 1. The fourth-order valence-electron chi connectivity index (χ4n) is 3.39. The van der Waals surface area contributed by atoms with Gasteiger partial charge in [0.05, 0.1) is 6.10 Å². The average molecular weight is 239 g/mol. The first-order valence-electron chi connectivity index (χ1n) is 7.64. The van der Waals surface area contributed by atoms with E-state index in [2.05, 4.69) is 19.2 Å². The Balaban J connectivity index is 1.94. The normalized spacial score (nSPS) is 33.2. The van der Waals surface area contributed by atoms with Gasteiger partial charge in [-0.15, -0.1) is 0 Å². The van der Waals surface area contributed by atoms with Gasteiger partial charge in [-0.05, 0) is 38.1 Å². The molecule has 1 N–H and O–H groups in total. The smallest absolute Gasteiger partial charge is 0.0672 e. The van der Waals surface area contributed by atoms with Crippen molar-refractivity contribution in [2.75, 3.05) is 19.7 Å². The second-order valence-corrected chi connectivity index (χ2v) is 5.98. The summed E-state index contributed by atoms with van der Waals surface area (Å²) in [4.78, 5) is 0. The molecule has 0 aromatic heterocycles. The topological polar surface area (TPSA) is 21.3 Å². The summed E-state index contributed by atoms with van der Waals surface area (Å²) in [5.74, 6) is 0.887. The van der Waals surface area contributed by atoms with Crippen LogP contribution in [0.5, 0.6) is 0 Å². The molecule has 1 saturated heterocycles. The highest BCUT2D eigenvalue weighted by atomic mass is 16.5. The van der Waals surface area contributed by atoms with Crippen molar-refractivity contribution in [2.24, 2.45) is 11.3 Å². The van der Waals surface area contributed by atoms with E-state index in [1.54, 1.807) is 0 Å². The molecule has 2 unspecified atom stereocenters. The third kappa shape index (κ3) is 3.23. The van der Waals surface area contributed by atoms with Crippen molar-refractivity contribution in [1.29, 1.82) is 0 Å². The van der Waals surface area contributed by atoms with Gasteiger partial charge >= 0.3 is 0 Å². The van der Waals surface area contributed by atoms with Crippen LogP contribution in [0.2, 0.25) is 0 Å². The molecule has 0 bridgehead atoms. The number of ether oxygens (including phenoxy) is 1. The van der Waals surface area contributed by atoms with Gasteiger partial charge in [0.1, 0.15) is 0 Å². The van der Waals surface area contributed by atoms with Gasteiger partial charge in [-0.2, -0.15) is 0 Å². The molecule has 2 fully saturated rings. The molecule has 2 atom stereocenters. The minimum Gasteiger partial charge on any atom is -0.377 e. The Kier molecular flexibility index (Phi) is 4.87. The molecular weight excluding hydrogens is 210 g/mol. The van der Waals surface area contributed by atoms with Gasteiger partial charge in [0.25, 0.3) is 0 Å². The van der Waals surface area contributed by atoms with Gasteiger partial charge in [0.2, 0.25) is 0 Å². The zero-order valence-electron chi connectivity index (χ0n) is 11.6. The Morgan fingerprint density at radius 1 is 1.24 bits per heavy atom. The fourth-order valence-corrected chi connectivity index (χ4v) is 3.39. The molecule has 2 aliphatic rings. The van der Waals surface area contributed by atoms with Crippen LogP contribution in [0.3, 0.4) is 0 Å². The van der Waals surface area contributed by atoms with E-state index in [1.807, 2.05) is 0 Å². The first-order valence-corrected chi connectivity index (χ1v) is 7.64. The van der Waals surface area contributed by atoms with Gasteiger partial charge in [0, 0.05) is 18.6 Å². The molecule has 0 radical (unpaired) electrons. The lowest BCUT2D eigenvalue weighted by molar-refractivity contribution is 0.0256. The summed E-state index contributed by atoms with van der Waals surface area (Å²) in [6, 6.07) is 0. The molecule has 2 rings (SSSR count). The lowest BCUT2D eigenvalue weighted by Crippen LogP contribution is -2.42. The minimum absolute atomic E-state index is 0.465. The molecule has 1 heterocycles. The molecule has 1 saturated carbocycles. The van der Waals surface area contributed by atoms with Gasteiger partial charge in [-0.3, -0.25) is 0 Å². The van der Waals surface area contributed by atoms with E-state index < -0.39 is 0 Å². The first kappa shape index (κ1) is 13.4. The monoisotopic (exact) mass is 239 g/mol. The summed E-state index contributed by atoms with van der Waals surface area (Å²) >= 11 is 0. The third-order valence-corrected chi connectivity index (χ3v) is 4.56. The van der Waals surface area contributed by atoms with E-state index in [0.29, 0.717) is 11.5 Å². The summed E-state index contributed by atoms with van der Waals surface area (Å²) in [5.41, 5.74) is 0.465. The van der Waals surface area contributed by atoms with Crippen LogP contribution in [0.4, 0.5) is 0 Å². The van der Waals surface area contributed by atoms with Crippen molar-refractivity contribution in [3.8, 4) is 0 Å². The van der Waals surface area contributed by atoms with Crippen molar-refractivity contribution in [1.82, 2.24) is 5.32 Å². The molecule has 1 aliphatic carbocycles. The van der Waals surface area contributed by atoms with Crippen LogP contribution < -0.4 is 5.32 Å². The van der Waals surface area contributed by atoms with Crippen LogP contribution in [0.15, 0.2) is 0 Å². The Bertz CT molecular complexity index is 227. The highest BCUT2D eigenvalue weighted by molar-refractivity contribution is 5.00. The number of nitrogens with one attached hydrogen (secondary N) is 1. The van der Waals surface area contributed by atoms with Crippen LogP contribution in [-0.4, -0.2) is 25.8 Å². The molecular formula is C15H29NO. The molecule has 0 amide bonds. The van der Waals surface area contributed by atoms with Crippen LogP contribution in [0, 0.1) is 11.3 Å².